The molecular weight excluding hydrogens is 254 g/mol. The zero-order valence-corrected chi connectivity index (χ0v) is 12.2. The van der Waals surface area contributed by atoms with Crippen LogP contribution in [-0.4, -0.2) is 35.5 Å². The maximum Gasteiger partial charge on any atom is 0.311 e. The van der Waals surface area contributed by atoms with Crippen LogP contribution in [0.4, 0.5) is 0 Å². The fourth-order valence-corrected chi connectivity index (χ4v) is 3.56. The standard InChI is InChI=1S/C16H25NO3/c18-15-10-12(16(19)20-14-8-5-9-14)11-17(15)13-6-3-1-2-4-7-13/h12-14H,1-11H2. The Bertz CT molecular complexity index is 370. The summed E-state index contributed by atoms with van der Waals surface area (Å²) in [5.41, 5.74) is 0. The molecule has 112 valence electrons. The molecule has 4 nitrogen and oxygen atoms in total. The number of hydrogen-bond acceptors (Lipinski definition) is 3. The van der Waals surface area contributed by atoms with Gasteiger partial charge < -0.3 is 9.64 Å². The lowest BCUT2D eigenvalue weighted by Gasteiger charge is -2.28. The molecule has 2 saturated carbocycles. The summed E-state index contributed by atoms with van der Waals surface area (Å²) in [5.74, 6) is -0.196. The number of rotatable bonds is 3. The Morgan fingerprint density at radius 2 is 1.70 bits per heavy atom. The molecule has 0 aromatic heterocycles. The van der Waals surface area contributed by atoms with Crippen LogP contribution in [0.3, 0.4) is 0 Å². The average Bonchev–Trinajstić information content (AvgIpc) is 2.63. The first kappa shape index (κ1) is 13.9. The molecule has 20 heavy (non-hydrogen) atoms. The van der Waals surface area contributed by atoms with E-state index in [4.69, 9.17) is 4.74 Å². The van der Waals surface area contributed by atoms with Gasteiger partial charge in [0, 0.05) is 19.0 Å². The first-order valence-electron chi connectivity index (χ1n) is 8.24. The number of hydrogen-bond donors (Lipinski definition) is 0. The van der Waals surface area contributed by atoms with Crippen molar-refractivity contribution >= 4 is 11.9 Å². The Hall–Kier alpha value is -1.06. The van der Waals surface area contributed by atoms with Crippen LogP contribution in [0.2, 0.25) is 0 Å². The molecule has 3 fully saturated rings. The van der Waals surface area contributed by atoms with Crippen LogP contribution in [0, 0.1) is 5.92 Å². The van der Waals surface area contributed by atoms with E-state index in [0.29, 0.717) is 19.0 Å². The molecule has 0 radical (unpaired) electrons. The third-order valence-electron chi connectivity index (χ3n) is 5.09. The Labute approximate surface area is 120 Å². The van der Waals surface area contributed by atoms with E-state index >= 15 is 0 Å². The average molecular weight is 279 g/mol. The molecule has 4 heteroatoms. The zero-order valence-electron chi connectivity index (χ0n) is 12.2. The molecule has 0 aromatic rings. The summed E-state index contributed by atoms with van der Waals surface area (Å²) < 4.78 is 5.46. The van der Waals surface area contributed by atoms with Gasteiger partial charge in [-0.2, -0.15) is 0 Å². The van der Waals surface area contributed by atoms with Crippen LogP contribution in [0.5, 0.6) is 0 Å². The quantitative estimate of drug-likeness (QED) is 0.589. The number of likely N-dealkylation sites (tertiary alicyclic amines) is 1. The lowest BCUT2D eigenvalue weighted by Crippen LogP contribution is -2.37. The molecule has 0 bridgehead atoms. The number of amides is 1. The molecule has 1 aliphatic heterocycles. The fraction of sp³-hybridized carbons (Fsp3) is 0.875. The predicted octanol–water partition coefficient (Wildman–Crippen LogP) is 2.65. The predicted molar refractivity (Wildman–Crippen MR) is 75.0 cm³/mol. The van der Waals surface area contributed by atoms with Gasteiger partial charge in [-0.15, -0.1) is 0 Å². The highest BCUT2D eigenvalue weighted by Crippen LogP contribution is 2.30. The van der Waals surface area contributed by atoms with Crippen molar-refractivity contribution in [1.29, 1.82) is 0 Å². The normalized spacial score (nSPS) is 29.1. The van der Waals surface area contributed by atoms with Crippen molar-refractivity contribution in [2.75, 3.05) is 6.54 Å². The highest BCUT2D eigenvalue weighted by Gasteiger charge is 2.39. The van der Waals surface area contributed by atoms with E-state index in [-0.39, 0.29) is 23.9 Å². The molecule has 2 aliphatic carbocycles. The number of carbonyl (C=O) groups is 2. The van der Waals surface area contributed by atoms with Crippen molar-refractivity contribution < 1.29 is 14.3 Å². The summed E-state index contributed by atoms with van der Waals surface area (Å²) in [7, 11) is 0. The van der Waals surface area contributed by atoms with Crippen LogP contribution < -0.4 is 0 Å². The summed E-state index contributed by atoms with van der Waals surface area (Å²) in [5, 5.41) is 0. The van der Waals surface area contributed by atoms with E-state index in [1.54, 1.807) is 0 Å². The first-order valence-corrected chi connectivity index (χ1v) is 8.24. The summed E-state index contributed by atoms with van der Waals surface area (Å²) >= 11 is 0. The monoisotopic (exact) mass is 279 g/mol. The minimum absolute atomic E-state index is 0.129. The second-order valence-corrected chi connectivity index (χ2v) is 6.58. The van der Waals surface area contributed by atoms with Gasteiger partial charge in [-0.3, -0.25) is 9.59 Å². The van der Waals surface area contributed by atoms with Crippen LogP contribution in [0.1, 0.15) is 64.2 Å². The summed E-state index contributed by atoms with van der Waals surface area (Å²) in [4.78, 5) is 26.2. The van der Waals surface area contributed by atoms with E-state index in [9.17, 15) is 9.59 Å². The molecular formula is C16H25NO3. The second-order valence-electron chi connectivity index (χ2n) is 6.58. The fourth-order valence-electron chi connectivity index (χ4n) is 3.56. The smallest absolute Gasteiger partial charge is 0.311 e. The van der Waals surface area contributed by atoms with Crippen LogP contribution in [0.25, 0.3) is 0 Å². The third kappa shape index (κ3) is 2.99. The van der Waals surface area contributed by atoms with Gasteiger partial charge in [-0.25, -0.2) is 0 Å². The van der Waals surface area contributed by atoms with Crippen LogP contribution >= 0.6 is 0 Å². The van der Waals surface area contributed by atoms with Gasteiger partial charge in [0.1, 0.15) is 6.10 Å². The SMILES string of the molecule is O=C(OC1CCC1)C1CC(=O)N(C2CCCCCC2)C1. The van der Waals surface area contributed by atoms with E-state index < -0.39 is 0 Å². The van der Waals surface area contributed by atoms with E-state index in [1.807, 2.05) is 4.90 Å². The molecule has 1 unspecified atom stereocenters. The first-order chi connectivity index (χ1) is 9.74. The van der Waals surface area contributed by atoms with Gasteiger partial charge in [-0.05, 0) is 32.1 Å². The molecule has 0 spiro atoms. The summed E-state index contributed by atoms with van der Waals surface area (Å²) in [6.45, 7) is 0.592. The van der Waals surface area contributed by atoms with Crippen molar-refractivity contribution in [3.8, 4) is 0 Å². The van der Waals surface area contributed by atoms with Gasteiger partial charge in [-0.1, -0.05) is 25.7 Å². The molecule has 3 aliphatic rings. The van der Waals surface area contributed by atoms with Crippen molar-refractivity contribution in [1.82, 2.24) is 4.90 Å². The molecule has 0 aromatic carbocycles. The second kappa shape index (κ2) is 6.15. The number of nitrogens with zero attached hydrogens (tertiary/aromatic N) is 1. The highest BCUT2D eigenvalue weighted by atomic mass is 16.5. The lowest BCUT2D eigenvalue weighted by molar-refractivity contribution is -0.157. The Balaban J connectivity index is 1.55. The topological polar surface area (TPSA) is 46.6 Å². The summed E-state index contributed by atoms with van der Waals surface area (Å²) in [6, 6.07) is 0.367. The minimum atomic E-state index is -0.216. The summed E-state index contributed by atoms with van der Waals surface area (Å²) in [6.07, 6.45) is 10.9. The molecule has 1 amide bonds. The number of carbonyl (C=O) groups excluding carboxylic acids is 2. The third-order valence-corrected chi connectivity index (χ3v) is 5.09. The number of ether oxygens (including phenoxy) is 1. The van der Waals surface area contributed by atoms with Crippen LogP contribution in [0.15, 0.2) is 0 Å². The van der Waals surface area contributed by atoms with Gasteiger partial charge >= 0.3 is 5.97 Å². The molecule has 1 heterocycles. The van der Waals surface area contributed by atoms with Gasteiger partial charge in [0.25, 0.3) is 0 Å². The van der Waals surface area contributed by atoms with E-state index in [1.165, 1.54) is 25.7 Å². The maximum absolute atomic E-state index is 12.2. The molecule has 1 atom stereocenters. The van der Waals surface area contributed by atoms with Crippen molar-refractivity contribution in [3.63, 3.8) is 0 Å². The minimum Gasteiger partial charge on any atom is -0.462 e. The van der Waals surface area contributed by atoms with Crippen molar-refractivity contribution in [2.45, 2.75) is 76.4 Å². The van der Waals surface area contributed by atoms with Gasteiger partial charge in [0.15, 0.2) is 0 Å². The van der Waals surface area contributed by atoms with Gasteiger partial charge in [0.2, 0.25) is 5.91 Å². The zero-order chi connectivity index (χ0) is 13.9. The maximum atomic E-state index is 12.2. The van der Waals surface area contributed by atoms with E-state index in [2.05, 4.69) is 0 Å². The van der Waals surface area contributed by atoms with Crippen LogP contribution in [-0.2, 0) is 14.3 Å². The van der Waals surface area contributed by atoms with Crippen molar-refractivity contribution in [2.24, 2.45) is 5.92 Å². The van der Waals surface area contributed by atoms with Crippen molar-refractivity contribution in [3.05, 3.63) is 0 Å². The molecule has 1 saturated heterocycles. The van der Waals surface area contributed by atoms with E-state index in [0.717, 1.165) is 32.1 Å². The highest BCUT2D eigenvalue weighted by molar-refractivity contribution is 5.87. The number of esters is 1. The Kier molecular flexibility index (Phi) is 4.27. The Morgan fingerprint density at radius 1 is 1.00 bits per heavy atom. The Morgan fingerprint density at radius 3 is 2.30 bits per heavy atom. The molecule has 3 rings (SSSR count). The lowest BCUT2D eigenvalue weighted by atomic mass is 9.96. The molecule has 0 N–H and O–H groups in total. The largest absolute Gasteiger partial charge is 0.462 e. The van der Waals surface area contributed by atoms with Gasteiger partial charge in [0.05, 0.1) is 5.92 Å².